The molecule has 2 aromatic heterocycles. The quantitative estimate of drug-likeness (QED) is 0.199. The summed E-state index contributed by atoms with van der Waals surface area (Å²) >= 11 is 6.11. The van der Waals surface area contributed by atoms with Gasteiger partial charge in [-0.05, 0) is 80.1 Å². The highest BCUT2D eigenvalue weighted by molar-refractivity contribution is 6.31. The summed E-state index contributed by atoms with van der Waals surface area (Å²) in [4.78, 5) is 42.5. The van der Waals surface area contributed by atoms with Gasteiger partial charge in [0.15, 0.2) is 0 Å². The molecule has 38 heavy (non-hydrogen) atoms. The topological polar surface area (TPSA) is 123 Å². The Kier molecular flexibility index (Phi) is 7.85. The fourth-order valence-corrected chi connectivity index (χ4v) is 3.59. The first-order valence-corrected chi connectivity index (χ1v) is 11.8. The van der Waals surface area contributed by atoms with Gasteiger partial charge >= 0.3 is 5.97 Å². The third kappa shape index (κ3) is 5.72. The molecule has 190 valence electrons. The highest BCUT2D eigenvalue weighted by Crippen LogP contribution is 2.27. The van der Waals surface area contributed by atoms with Gasteiger partial charge in [-0.3, -0.25) is 14.0 Å². The zero-order chi connectivity index (χ0) is 27.2. The fourth-order valence-electron chi connectivity index (χ4n) is 3.47. The van der Waals surface area contributed by atoms with Crippen molar-refractivity contribution in [3.63, 3.8) is 0 Å². The minimum absolute atomic E-state index is 0.0812. The minimum Gasteiger partial charge on any atom is -0.462 e. The molecule has 0 radical (unpaired) electrons. The number of amides is 1. The number of nitriles is 1. The lowest BCUT2D eigenvalue weighted by Gasteiger charge is -2.11. The van der Waals surface area contributed by atoms with Crippen LogP contribution in [0.5, 0.6) is 11.6 Å². The summed E-state index contributed by atoms with van der Waals surface area (Å²) in [5.41, 5.74) is 0.749. The number of hydrogen-bond acceptors (Lipinski definition) is 7. The Hall–Kier alpha value is -4.94. The van der Waals surface area contributed by atoms with Crippen LogP contribution in [0.25, 0.3) is 11.7 Å². The predicted octanol–water partition coefficient (Wildman–Crippen LogP) is 5.17. The van der Waals surface area contributed by atoms with Crippen LogP contribution in [-0.2, 0) is 9.53 Å². The number of aryl methyl sites for hydroxylation is 1. The summed E-state index contributed by atoms with van der Waals surface area (Å²) in [5.74, 6) is -0.960. The van der Waals surface area contributed by atoms with Crippen LogP contribution in [0.4, 0.5) is 5.69 Å². The van der Waals surface area contributed by atoms with Gasteiger partial charge in [-0.1, -0.05) is 17.7 Å². The lowest BCUT2D eigenvalue weighted by molar-refractivity contribution is -0.112. The lowest BCUT2D eigenvalue weighted by Crippen LogP contribution is -2.20. The number of carbonyl (C=O) groups excluding carboxylic acids is 2. The number of anilines is 1. The molecule has 1 N–H and O–H groups in total. The Morgan fingerprint density at radius 2 is 1.92 bits per heavy atom. The van der Waals surface area contributed by atoms with Gasteiger partial charge in [0.25, 0.3) is 11.5 Å². The molecule has 0 spiro atoms. The third-order valence-electron chi connectivity index (χ3n) is 5.39. The van der Waals surface area contributed by atoms with E-state index in [-0.39, 0.29) is 23.6 Å². The number of rotatable bonds is 7. The highest BCUT2D eigenvalue weighted by Gasteiger charge is 2.18. The van der Waals surface area contributed by atoms with E-state index < -0.39 is 17.4 Å². The molecule has 0 aliphatic heterocycles. The first kappa shape index (κ1) is 26.1. The maximum Gasteiger partial charge on any atom is 0.338 e. The average molecular weight is 529 g/mol. The van der Waals surface area contributed by atoms with E-state index in [1.54, 1.807) is 50.2 Å². The van der Waals surface area contributed by atoms with E-state index in [4.69, 9.17) is 21.1 Å². The summed E-state index contributed by atoms with van der Waals surface area (Å²) in [7, 11) is 0. The highest BCUT2D eigenvalue weighted by atomic mass is 35.5. The van der Waals surface area contributed by atoms with Crippen molar-refractivity contribution in [3.05, 3.63) is 105 Å². The summed E-state index contributed by atoms with van der Waals surface area (Å²) < 4.78 is 12.1. The van der Waals surface area contributed by atoms with Crippen molar-refractivity contribution in [2.75, 3.05) is 11.9 Å². The molecule has 0 saturated heterocycles. The van der Waals surface area contributed by atoms with Crippen LogP contribution in [0.2, 0.25) is 5.02 Å². The minimum atomic E-state index is -0.762. The number of pyridine rings is 1. The van der Waals surface area contributed by atoms with Gasteiger partial charge in [0.2, 0.25) is 5.88 Å². The molecule has 2 aromatic carbocycles. The van der Waals surface area contributed by atoms with Gasteiger partial charge in [0, 0.05) is 16.9 Å². The summed E-state index contributed by atoms with van der Waals surface area (Å²) in [6.45, 7) is 3.74. The molecule has 1 amide bonds. The van der Waals surface area contributed by atoms with Crippen molar-refractivity contribution in [1.82, 2.24) is 9.38 Å². The standard InChI is InChI=1S/C28H21ClN4O5/c1-3-37-28(36)18-7-9-20(10-8-18)31-25(34)19(16-30)15-22-26(38-21-11-12-23(29)17(2)14-21)32-24-6-4-5-13-33(24)27(22)35/h4-15H,3H2,1-2H3,(H,31,34)/b19-15-. The monoisotopic (exact) mass is 528 g/mol. The Bertz CT molecular complexity index is 1670. The number of aromatic nitrogens is 2. The first-order valence-electron chi connectivity index (χ1n) is 11.5. The molecule has 0 unspecified atom stereocenters. The van der Waals surface area contributed by atoms with Crippen molar-refractivity contribution >= 4 is 40.9 Å². The van der Waals surface area contributed by atoms with Crippen molar-refractivity contribution in [1.29, 1.82) is 5.26 Å². The first-order chi connectivity index (χ1) is 18.3. The van der Waals surface area contributed by atoms with Crippen molar-refractivity contribution < 1.29 is 19.1 Å². The largest absolute Gasteiger partial charge is 0.462 e. The smallest absolute Gasteiger partial charge is 0.338 e. The van der Waals surface area contributed by atoms with Crippen LogP contribution in [-0.4, -0.2) is 27.9 Å². The molecule has 4 rings (SSSR count). The lowest BCUT2D eigenvalue weighted by atomic mass is 10.1. The van der Waals surface area contributed by atoms with E-state index >= 15 is 0 Å². The number of hydrogen-bond donors (Lipinski definition) is 1. The molecule has 10 heteroatoms. The molecular formula is C28H21ClN4O5. The number of fused-ring (bicyclic) bond motifs is 1. The van der Waals surface area contributed by atoms with E-state index in [9.17, 15) is 19.6 Å². The second-order valence-electron chi connectivity index (χ2n) is 8.00. The van der Waals surface area contributed by atoms with Gasteiger partial charge in [0.1, 0.15) is 28.6 Å². The number of carbonyl (C=O) groups is 2. The predicted molar refractivity (Wildman–Crippen MR) is 142 cm³/mol. The Labute approximate surface area is 222 Å². The average Bonchev–Trinajstić information content (AvgIpc) is 2.91. The van der Waals surface area contributed by atoms with E-state index in [0.29, 0.717) is 27.7 Å². The van der Waals surface area contributed by atoms with Crippen molar-refractivity contribution in [2.45, 2.75) is 13.8 Å². The zero-order valence-corrected chi connectivity index (χ0v) is 21.2. The van der Waals surface area contributed by atoms with Crippen molar-refractivity contribution in [2.24, 2.45) is 0 Å². The van der Waals surface area contributed by atoms with E-state index in [1.807, 2.05) is 6.07 Å². The second-order valence-corrected chi connectivity index (χ2v) is 8.41. The molecule has 0 saturated carbocycles. The molecular weight excluding hydrogens is 508 g/mol. The van der Waals surface area contributed by atoms with Crippen LogP contribution >= 0.6 is 11.6 Å². The molecule has 2 heterocycles. The molecule has 0 bridgehead atoms. The molecule has 4 aromatic rings. The normalized spacial score (nSPS) is 11.1. The van der Waals surface area contributed by atoms with E-state index in [0.717, 1.165) is 11.6 Å². The summed E-state index contributed by atoms with van der Waals surface area (Å²) in [5, 5.41) is 12.9. The van der Waals surface area contributed by atoms with Gasteiger partial charge in [-0.15, -0.1) is 0 Å². The summed E-state index contributed by atoms with van der Waals surface area (Å²) in [6, 6.07) is 17.8. The summed E-state index contributed by atoms with van der Waals surface area (Å²) in [6.07, 6.45) is 2.66. The fraction of sp³-hybridized carbons (Fsp3) is 0.107. The van der Waals surface area contributed by atoms with Crippen LogP contribution in [0.3, 0.4) is 0 Å². The Morgan fingerprint density at radius 3 is 2.61 bits per heavy atom. The molecule has 0 aliphatic rings. The number of ether oxygens (including phenoxy) is 2. The van der Waals surface area contributed by atoms with Crippen LogP contribution in [0.1, 0.15) is 28.4 Å². The maximum atomic E-state index is 13.3. The molecule has 0 fully saturated rings. The van der Waals surface area contributed by atoms with Gasteiger partial charge < -0.3 is 14.8 Å². The molecule has 0 aliphatic carbocycles. The zero-order valence-electron chi connectivity index (χ0n) is 20.4. The van der Waals surface area contributed by atoms with Gasteiger partial charge in [-0.25, -0.2) is 4.79 Å². The number of esters is 1. The number of halogens is 1. The third-order valence-corrected chi connectivity index (χ3v) is 5.81. The Balaban J connectivity index is 1.70. The van der Waals surface area contributed by atoms with Crippen LogP contribution in [0, 0.1) is 18.3 Å². The van der Waals surface area contributed by atoms with Gasteiger partial charge in [-0.2, -0.15) is 10.2 Å². The van der Waals surface area contributed by atoms with Gasteiger partial charge in [0.05, 0.1) is 12.2 Å². The van der Waals surface area contributed by atoms with Crippen LogP contribution < -0.4 is 15.6 Å². The Morgan fingerprint density at radius 1 is 1.16 bits per heavy atom. The number of benzene rings is 2. The van der Waals surface area contributed by atoms with Crippen LogP contribution in [0.15, 0.2) is 77.2 Å². The number of nitrogens with zero attached hydrogens (tertiary/aromatic N) is 3. The second kappa shape index (κ2) is 11.4. The maximum absolute atomic E-state index is 13.3. The number of nitrogens with one attached hydrogen (secondary N) is 1. The molecule has 9 nitrogen and oxygen atoms in total. The SMILES string of the molecule is CCOC(=O)c1ccc(NC(=O)/C(C#N)=C\c2c(Oc3ccc(Cl)c(C)c3)nc3ccccn3c2=O)cc1. The van der Waals surface area contributed by atoms with E-state index in [1.165, 1.54) is 34.9 Å². The van der Waals surface area contributed by atoms with E-state index in [2.05, 4.69) is 10.3 Å². The van der Waals surface area contributed by atoms with Crippen molar-refractivity contribution in [3.8, 4) is 17.7 Å². The molecule has 0 atom stereocenters.